The van der Waals surface area contributed by atoms with Crippen molar-refractivity contribution in [3.05, 3.63) is 40.9 Å². The molecular weight excluding hydrogens is 308 g/mol. The molecular formula is C18H22N2O2S. The number of aliphatic hydroxyl groups is 1. The zero-order valence-corrected chi connectivity index (χ0v) is 14.2. The maximum absolute atomic E-state index is 12.3. The van der Waals surface area contributed by atoms with Crippen molar-refractivity contribution >= 4 is 17.2 Å². The predicted octanol–water partition coefficient (Wildman–Crippen LogP) is 3.08. The molecule has 1 heterocycles. The quantitative estimate of drug-likeness (QED) is 0.885. The molecule has 0 radical (unpaired) electrons. The first-order chi connectivity index (χ1) is 11.1. The van der Waals surface area contributed by atoms with Gasteiger partial charge in [0.2, 0.25) is 5.91 Å². The third-order valence-electron chi connectivity index (χ3n) is 4.46. The molecule has 2 aromatic rings. The highest BCUT2D eigenvalue weighted by Crippen LogP contribution is 2.29. The Bertz CT molecular complexity index is 673. The lowest BCUT2D eigenvalue weighted by molar-refractivity contribution is -0.123. The monoisotopic (exact) mass is 330 g/mol. The number of carbonyl (C=O) groups is 1. The molecule has 122 valence electrons. The minimum Gasteiger partial charge on any atom is -0.394 e. The average Bonchev–Trinajstić information content (AvgIpc) is 3.18. The van der Waals surface area contributed by atoms with Crippen molar-refractivity contribution in [1.82, 2.24) is 10.3 Å². The van der Waals surface area contributed by atoms with Crippen LogP contribution in [0.2, 0.25) is 0 Å². The van der Waals surface area contributed by atoms with Gasteiger partial charge in [-0.05, 0) is 19.8 Å². The van der Waals surface area contributed by atoms with Crippen molar-refractivity contribution in [2.45, 2.75) is 44.6 Å². The molecule has 0 atom stereocenters. The van der Waals surface area contributed by atoms with Gasteiger partial charge in [0.15, 0.2) is 0 Å². The Morgan fingerprint density at radius 1 is 1.30 bits per heavy atom. The van der Waals surface area contributed by atoms with Crippen LogP contribution in [0.5, 0.6) is 0 Å². The van der Waals surface area contributed by atoms with E-state index in [0.29, 0.717) is 0 Å². The van der Waals surface area contributed by atoms with E-state index in [-0.39, 0.29) is 18.9 Å². The normalized spacial score (nSPS) is 16.4. The van der Waals surface area contributed by atoms with Crippen LogP contribution in [0.3, 0.4) is 0 Å². The number of nitrogens with zero attached hydrogens (tertiary/aromatic N) is 1. The lowest BCUT2D eigenvalue weighted by Gasteiger charge is -2.27. The topological polar surface area (TPSA) is 62.2 Å². The summed E-state index contributed by atoms with van der Waals surface area (Å²) in [4.78, 5) is 16.8. The van der Waals surface area contributed by atoms with Gasteiger partial charge < -0.3 is 10.4 Å². The van der Waals surface area contributed by atoms with Crippen molar-refractivity contribution in [2.75, 3.05) is 6.61 Å². The summed E-state index contributed by atoms with van der Waals surface area (Å²) in [6, 6.07) is 8.23. The van der Waals surface area contributed by atoms with Gasteiger partial charge in [-0.2, -0.15) is 0 Å². The van der Waals surface area contributed by atoms with E-state index < -0.39 is 5.54 Å². The molecule has 4 nitrogen and oxygen atoms in total. The summed E-state index contributed by atoms with van der Waals surface area (Å²) in [6.07, 6.45) is 4.12. The fourth-order valence-corrected chi connectivity index (χ4v) is 3.92. The van der Waals surface area contributed by atoms with Crippen LogP contribution in [-0.4, -0.2) is 28.1 Å². The van der Waals surface area contributed by atoms with E-state index >= 15 is 0 Å². The van der Waals surface area contributed by atoms with E-state index in [4.69, 9.17) is 0 Å². The molecule has 2 N–H and O–H groups in total. The van der Waals surface area contributed by atoms with Crippen molar-refractivity contribution < 1.29 is 9.90 Å². The molecule has 1 fully saturated rings. The second-order valence-corrected chi connectivity index (χ2v) is 7.24. The van der Waals surface area contributed by atoms with Gasteiger partial charge in [0.1, 0.15) is 5.01 Å². The van der Waals surface area contributed by atoms with Crippen LogP contribution in [0.15, 0.2) is 29.6 Å². The lowest BCUT2D eigenvalue weighted by Crippen LogP contribution is -2.49. The zero-order chi connectivity index (χ0) is 16.3. The molecule has 0 unspecified atom stereocenters. The number of aromatic nitrogens is 1. The van der Waals surface area contributed by atoms with Gasteiger partial charge in [-0.1, -0.05) is 42.7 Å². The maximum atomic E-state index is 12.3. The first-order valence-electron chi connectivity index (χ1n) is 8.04. The summed E-state index contributed by atoms with van der Waals surface area (Å²) in [6.45, 7) is 2.08. The van der Waals surface area contributed by atoms with Crippen LogP contribution < -0.4 is 5.32 Å². The molecule has 1 aliphatic carbocycles. The average molecular weight is 330 g/mol. The Hall–Kier alpha value is -1.72. The number of nitrogens with one attached hydrogen (secondary N) is 1. The smallest absolute Gasteiger partial charge is 0.226 e. The van der Waals surface area contributed by atoms with Crippen LogP contribution in [0.25, 0.3) is 10.6 Å². The van der Waals surface area contributed by atoms with E-state index in [2.05, 4.69) is 41.5 Å². The molecule has 1 aromatic heterocycles. The highest BCUT2D eigenvalue weighted by Gasteiger charge is 2.34. The van der Waals surface area contributed by atoms with E-state index in [0.717, 1.165) is 41.9 Å². The number of carbonyl (C=O) groups excluding carboxylic acids is 1. The molecule has 3 rings (SSSR count). The van der Waals surface area contributed by atoms with Crippen LogP contribution in [0.1, 0.15) is 36.9 Å². The zero-order valence-electron chi connectivity index (χ0n) is 13.3. The van der Waals surface area contributed by atoms with Crippen molar-refractivity contribution in [3.8, 4) is 10.6 Å². The number of aliphatic hydroxyl groups excluding tert-OH is 1. The number of hydrogen-bond acceptors (Lipinski definition) is 4. The summed E-state index contributed by atoms with van der Waals surface area (Å²) in [5, 5.41) is 15.5. The second-order valence-electron chi connectivity index (χ2n) is 6.38. The van der Waals surface area contributed by atoms with E-state index in [9.17, 15) is 9.90 Å². The van der Waals surface area contributed by atoms with Crippen LogP contribution in [0.4, 0.5) is 0 Å². The third-order valence-corrected chi connectivity index (χ3v) is 5.40. The Morgan fingerprint density at radius 3 is 2.65 bits per heavy atom. The van der Waals surface area contributed by atoms with E-state index in [1.54, 1.807) is 11.3 Å². The summed E-state index contributed by atoms with van der Waals surface area (Å²) in [5.41, 5.74) is 2.67. The van der Waals surface area contributed by atoms with E-state index in [1.165, 1.54) is 5.56 Å². The number of hydrogen-bond donors (Lipinski definition) is 2. The summed E-state index contributed by atoms with van der Waals surface area (Å²) in [7, 11) is 0. The molecule has 0 aliphatic heterocycles. The Balaban J connectivity index is 1.64. The molecule has 0 bridgehead atoms. The number of aryl methyl sites for hydroxylation is 1. The molecule has 0 saturated heterocycles. The van der Waals surface area contributed by atoms with Gasteiger partial charge in [-0.3, -0.25) is 4.79 Å². The van der Waals surface area contributed by atoms with E-state index in [1.807, 2.05) is 5.38 Å². The van der Waals surface area contributed by atoms with Gasteiger partial charge in [-0.25, -0.2) is 4.98 Å². The van der Waals surface area contributed by atoms with Gasteiger partial charge in [0.05, 0.1) is 24.3 Å². The number of thiazole rings is 1. The van der Waals surface area contributed by atoms with Gasteiger partial charge in [0.25, 0.3) is 0 Å². The van der Waals surface area contributed by atoms with Crippen molar-refractivity contribution in [1.29, 1.82) is 0 Å². The van der Waals surface area contributed by atoms with Gasteiger partial charge in [-0.15, -0.1) is 11.3 Å². The summed E-state index contributed by atoms with van der Waals surface area (Å²) < 4.78 is 0. The van der Waals surface area contributed by atoms with Crippen LogP contribution in [-0.2, 0) is 11.2 Å². The minimum absolute atomic E-state index is 0.0183. The SMILES string of the molecule is Cc1ccc(-c2nc(CC(=O)NC3(CO)CCCC3)cs2)cc1. The van der Waals surface area contributed by atoms with Crippen LogP contribution in [0, 0.1) is 6.92 Å². The lowest BCUT2D eigenvalue weighted by atomic mass is 9.98. The molecule has 1 aromatic carbocycles. The molecule has 0 spiro atoms. The number of benzene rings is 1. The van der Waals surface area contributed by atoms with Crippen molar-refractivity contribution in [2.24, 2.45) is 0 Å². The highest BCUT2D eigenvalue weighted by atomic mass is 32.1. The molecule has 1 saturated carbocycles. The standard InChI is InChI=1S/C18H22N2O2S/c1-13-4-6-14(7-5-13)17-19-15(11-23-17)10-16(22)20-18(12-21)8-2-3-9-18/h4-7,11,21H,2-3,8-10,12H2,1H3,(H,20,22). The number of rotatable bonds is 5. The molecule has 1 aliphatic rings. The summed E-state index contributed by atoms with van der Waals surface area (Å²) in [5.74, 6) is -0.0540. The minimum atomic E-state index is -0.410. The van der Waals surface area contributed by atoms with Gasteiger partial charge in [0, 0.05) is 10.9 Å². The largest absolute Gasteiger partial charge is 0.394 e. The first kappa shape index (κ1) is 16.1. The fourth-order valence-electron chi connectivity index (χ4n) is 3.10. The first-order valence-corrected chi connectivity index (χ1v) is 8.91. The van der Waals surface area contributed by atoms with Crippen molar-refractivity contribution in [3.63, 3.8) is 0 Å². The van der Waals surface area contributed by atoms with Gasteiger partial charge >= 0.3 is 0 Å². The molecule has 23 heavy (non-hydrogen) atoms. The third kappa shape index (κ3) is 3.79. The highest BCUT2D eigenvalue weighted by molar-refractivity contribution is 7.13. The Morgan fingerprint density at radius 2 is 2.00 bits per heavy atom. The van der Waals surface area contributed by atoms with Crippen LogP contribution >= 0.6 is 11.3 Å². The molecule has 5 heteroatoms. The Kier molecular flexibility index (Phi) is 4.78. The molecule has 1 amide bonds. The predicted molar refractivity (Wildman–Crippen MR) is 92.4 cm³/mol. The fraction of sp³-hybridized carbons (Fsp3) is 0.444. The Labute approximate surface area is 140 Å². The number of amides is 1. The second kappa shape index (κ2) is 6.81. The summed E-state index contributed by atoms with van der Waals surface area (Å²) >= 11 is 1.56. The maximum Gasteiger partial charge on any atom is 0.226 e.